The lowest BCUT2D eigenvalue weighted by molar-refractivity contribution is 1.14. The zero-order chi connectivity index (χ0) is 17.4. The number of H-pyrrole nitrogens is 2. The van der Waals surface area contributed by atoms with Crippen LogP contribution in [-0.4, -0.2) is 9.97 Å². The minimum Gasteiger partial charge on any atom is -0.306 e. The van der Waals surface area contributed by atoms with E-state index in [9.17, 15) is 4.79 Å². The van der Waals surface area contributed by atoms with Gasteiger partial charge in [-0.25, -0.2) is 4.79 Å². The molecule has 1 aromatic heterocycles. The Labute approximate surface area is 150 Å². The van der Waals surface area contributed by atoms with Gasteiger partial charge in [0.05, 0.1) is 11.0 Å². The van der Waals surface area contributed by atoms with Crippen molar-refractivity contribution in [3.8, 4) is 22.3 Å². The van der Waals surface area contributed by atoms with Crippen molar-refractivity contribution in [1.82, 2.24) is 9.97 Å². The van der Waals surface area contributed by atoms with E-state index in [1.54, 1.807) is 0 Å². The highest BCUT2D eigenvalue weighted by Crippen LogP contribution is 2.38. The summed E-state index contributed by atoms with van der Waals surface area (Å²) in [6, 6.07) is 20.3. The van der Waals surface area contributed by atoms with Crippen molar-refractivity contribution in [3.05, 3.63) is 81.7 Å². The van der Waals surface area contributed by atoms with Crippen LogP contribution in [0.3, 0.4) is 0 Å². The second-order valence-electron chi connectivity index (χ2n) is 6.05. The minimum atomic E-state index is -0.207. The van der Waals surface area contributed by atoms with E-state index in [0.29, 0.717) is 5.02 Å². The average molecular weight is 349 g/mol. The van der Waals surface area contributed by atoms with Crippen molar-refractivity contribution in [2.75, 3.05) is 0 Å². The molecule has 0 amide bonds. The Morgan fingerprint density at radius 2 is 1.60 bits per heavy atom. The van der Waals surface area contributed by atoms with E-state index in [0.717, 1.165) is 39.7 Å². The number of nitrogens with one attached hydrogen (secondary N) is 2. The van der Waals surface area contributed by atoms with Crippen LogP contribution in [0.2, 0.25) is 5.02 Å². The molecular weight excluding hydrogens is 332 g/mol. The molecular formula is C21H17ClN2O. The topological polar surface area (TPSA) is 48.6 Å². The number of aryl methyl sites for hydroxylation is 1. The molecule has 1 heterocycles. The number of rotatable bonds is 3. The molecule has 2 N–H and O–H groups in total. The minimum absolute atomic E-state index is 0.207. The summed E-state index contributed by atoms with van der Waals surface area (Å²) in [7, 11) is 0. The van der Waals surface area contributed by atoms with E-state index < -0.39 is 0 Å². The molecule has 0 spiro atoms. The van der Waals surface area contributed by atoms with E-state index in [4.69, 9.17) is 11.6 Å². The number of imidazole rings is 1. The number of benzene rings is 3. The summed E-state index contributed by atoms with van der Waals surface area (Å²) >= 11 is 6.55. The van der Waals surface area contributed by atoms with Gasteiger partial charge in [-0.15, -0.1) is 0 Å². The zero-order valence-corrected chi connectivity index (χ0v) is 14.5. The lowest BCUT2D eigenvalue weighted by atomic mass is 9.93. The first kappa shape index (κ1) is 15.7. The molecule has 4 aromatic rings. The van der Waals surface area contributed by atoms with Crippen LogP contribution in [0.1, 0.15) is 12.5 Å². The molecule has 0 unspecified atom stereocenters. The smallest absolute Gasteiger partial charge is 0.306 e. The molecule has 3 nitrogen and oxygen atoms in total. The molecule has 3 aromatic carbocycles. The molecule has 0 aliphatic rings. The number of hydrogen-bond acceptors (Lipinski definition) is 1. The highest BCUT2D eigenvalue weighted by atomic mass is 35.5. The predicted octanol–water partition coefficient (Wildman–Crippen LogP) is 5.41. The number of fused-ring (bicyclic) bond motifs is 1. The summed E-state index contributed by atoms with van der Waals surface area (Å²) in [5.74, 6) is 0. The molecule has 4 heteroatoms. The van der Waals surface area contributed by atoms with Gasteiger partial charge in [0.2, 0.25) is 0 Å². The van der Waals surface area contributed by atoms with Crippen molar-refractivity contribution < 1.29 is 0 Å². The van der Waals surface area contributed by atoms with Gasteiger partial charge in [0.25, 0.3) is 0 Å². The molecule has 0 aliphatic heterocycles. The third kappa shape index (κ3) is 2.87. The Morgan fingerprint density at radius 3 is 2.36 bits per heavy atom. The van der Waals surface area contributed by atoms with Gasteiger partial charge in [-0.3, -0.25) is 0 Å². The van der Waals surface area contributed by atoms with Crippen LogP contribution in [0.25, 0.3) is 33.3 Å². The van der Waals surface area contributed by atoms with E-state index in [2.05, 4.69) is 47.2 Å². The second kappa shape index (κ2) is 6.26. The van der Waals surface area contributed by atoms with Crippen molar-refractivity contribution in [3.63, 3.8) is 0 Å². The van der Waals surface area contributed by atoms with Crippen LogP contribution in [0.15, 0.2) is 65.5 Å². The SMILES string of the molecule is CCc1ccc(-c2cccc(Cl)c2-c2ccc3[nH]c(=O)[nH]c3c2)cc1. The monoisotopic (exact) mass is 348 g/mol. The first-order chi connectivity index (χ1) is 12.2. The summed E-state index contributed by atoms with van der Waals surface area (Å²) in [6.45, 7) is 2.15. The number of aromatic amines is 2. The van der Waals surface area contributed by atoms with Crippen molar-refractivity contribution >= 4 is 22.6 Å². The Balaban J connectivity index is 1.91. The maximum absolute atomic E-state index is 11.5. The van der Waals surface area contributed by atoms with Gasteiger partial charge in [-0.05, 0) is 46.9 Å². The first-order valence-corrected chi connectivity index (χ1v) is 8.64. The fourth-order valence-electron chi connectivity index (χ4n) is 3.17. The standard InChI is InChI=1S/C21H17ClN2O/c1-2-13-6-8-14(9-7-13)16-4-3-5-17(22)20(16)15-10-11-18-19(12-15)24-21(25)23-18/h3-12H,2H2,1H3,(H2,23,24,25). The number of halogens is 1. The maximum Gasteiger partial charge on any atom is 0.323 e. The lowest BCUT2D eigenvalue weighted by Crippen LogP contribution is -1.99. The average Bonchev–Trinajstić information content (AvgIpc) is 3.00. The van der Waals surface area contributed by atoms with Crippen LogP contribution in [0, 0.1) is 0 Å². The lowest BCUT2D eigenvalue weighted by Gasteiger charge is -2.13. The fourth-order valence-corrected chi connectivity index (χ4v) is 3.45. The van der Waals surface area contributed by atoms with Crippen LogP contribution < -0.4 is 5.69 Å². The molecule has 0 saturated heterocycles. The normalized spacial score (nSPS) is 11.1. The Bertz CT molecular complexity index is 1110. The quantitative estimate of drug-likeness (QED) is 0.511. The number of aromatic nitrogens is 2. The molecule has 0 atom stereocenters. The second-order valence-corrected chi connectivity index (χ2v) is 6.46. The largest absolute Gasteiger partial charge is 0.323 e. The number of hydrogen-bond donors (Lipinski definition) is 2. The van der Waals surface area contributed by atoms with Crippen LogP contribution in [0.4, 0.5) is 0 Å². The summed E-state index contributed by atoms with van der Waals surface area (Å²) in [5.41, 5.74) is 6.80. The molecule has 0 saturated carbocycles. The van der Waals surface area contributed by atoms with Crippen molar-refractivity contribution in [1.29, 1.82) is 0 Å². The van der Waals surface area contributed by atoms with Crippen LogP contribution in [0.5, 0.6) is 0 Å². The highest BCUT2D eigenvalue weighted by molar-refractivity contribution is 6.34. The van der Waals surface area contributed by atoms with Gasteiger partial charge in [0.1, 0.15) is 0 Å². The summed E-state index contributed by atoms with van der Waals surface area (Å²) < 4.78 is 0. The van der Waals surface area contributed by atoms with Gasteiger partial charge in [-0.2, -0.15) is 0 Å². The third-order valence-electron chi connectivity index (χ3n) is 4.49. The van der Waals surface area contributed by atoms with E-state index in [1.165, 1.54) is 5.56 Å². The summed E-state index contributed by atoms with van der Waals surface area (Å²) in [4.78, 5) is 17.1. The van der Waals surface area contributed by atoms with Gasteiger partial charge in [0, 0.05) is 10.6 Å². The van der Waals surface area contributed by atoms with Crippen molar-refractivity contribution in [2.24, 2.45) is 0 Å². The molecule has 4 rings (SSSR count). The highest BCUT2D eigenvalue weighted by Gasteiger charge is 2.12. The van der Waals surface area contributed by atoms with E-state index in [-0.39, 0.29) is 5.69 Å². The van der Waals surface area contributed by atoms with Gasteiger partial charge in [0.15, 0.2) is 0 Å². The first-order valence-electron chi connectivity index (χ1n) is 8.26. The molecule has 25 heavy (non-hydrogen) atoms. The van der Waals surface area contributed by atoms with E-state index >= 15 is 0 Å². The molecule has 124 valence electrons. The van der Waals surface area contributed by atoms with Gasteiger partial charge >= 0.3 is 5.69 Å². The molecule has 0 radical (unpaired) electrons. The zero-order valence-electron chi connectivity index (χ0n) is 13.8. The Hall–Kier alpha value is -2.78. The maximum atomic E-state index is 11.5. The summed E-state index contributed by atoms with van der Waals surface area (Å²) in [6.07, 6.45) is 1.01. The Kier molecular flexibility index (Phi) is 3.94. The van der Waals surface area contributed by atoms with Crippen LogP contribution >= 0.6 is 11.6 Å². The van der Waals surface area contributed by atoms with E-state index in [1.807, 2.05) is 30.3 Å². The molecule has 0 bridgehead atoms. The van der Waals surface area contributed by atoms with Gasteiger partial charge in [-0.1, -0.05) is 61.0 Å². The van der Waals surface area contributed by atoms with Gasteiger partial charge < -0.3 is 9.97 Å². The third-order valence-corrected chi connectivity index (χ3v) is 4.81. The van der Waals surface area contributed by atoms with Crippen LogP contribution in [-0.2, 0) is 6.42 Å². The fraction of sp³-hybridized carbons (Fsp3) is 0.0952. The predicted molar refractivity (Wildman–Crippen MR) is 104 cm³/mol. The molecule has 0 aliphatic carbocycles. The van der Waals surface area contributed by atoms with Crippen molar-refractivity contribution in [2.45, 2.75) is 13.3 Å². The molecule has 0 fully saturated rings. The Morgan fingerprint density at radius 1 is 0.880 bits per heavy atom. The summed E-state index contributed by atoms with van der Waals surface area (Å²) in [5, 5.41) is 0.689.